The fraction of sp³-hybridized carbons (Fsp3) is 0.350. The van der Waals surface area contributed by atoms with Crippen LogP contribution >= 0.6 is 0 Å². The third kappa shape index (κ3) is 3.51. The number of hydrogen-bond donors (Lipinski definition) is 0. The molecule has 27 heavy (non-hydrogen) atoms. The number of amides is 1. The van der Waals surface area contributed by atoms with Crippen LogP contribution in [0.15, 0.2) is 47.4 Å². The summed E-state index contributed by atoms with van der Waals surface area (Å²) in [6, 6.07) is 12.1. The van der Waals surface area contributed by atoms with Gasteiger partial charge in [-0.1, -0.05) is 18.2 Å². The van der Waals surface area contributed by atoms with Gasteiger partial charge in [-0.3, -0.25) is 9.10 Å². The van der Waals surface area contributed by atoms with Crippen LogP contribution in [0.25, 0.3) is 0 Å². The average molecular weight is 388 g/mol. The van der Waals surface area contributed by atoms with E-state index in [0.29, 0.717) is 24.3 Å². The molecular weight excluding hydrogens is 364 g/mol. The van der Waals surface area contributed by atoms with Gasteiger partial charge in [0.25, 0.3) is 15.9 Å². The van der Waals surface area contributed by atoms with Gasteiger partial charge < -0.3 is 9.64 Å². The average Bonchev–Trinajstić information content (AvgIpc) is 2.71. The van der Waals surface area contributed by atoms with Gasteiger partial charge in [-0.2, -0.15) is 0 Å². The van der Waals surface area contributed by atoms with E-state index in [9.17, 15) is 13.2 Å². The van der Waals surface area contributed by atoms with Crippen molar-refractivity contribution in [2.75, 3.05) is 31.6 Å². The zero-order valence-corrected chi connectivity index (χ0v) is 16.6. The molecule has 0 aromatic heterocycles. The molecule has 3 rings (SSSR count). The highest BCUT2D eigenvalue weighted by atomic mass is 32.2. The van der Waals surface area contributed by atoms with Crippen LogP contribution in [0.5, 0.6) is 5.75 Å². The largest absolute Gasteiger partial charge is 0.495 e. The molecule has 0 spiro atoms. The highest BCUT2D eigenvalue weighted by Gasteiger charge is 2.32. The number of para-hydroxylation sites is 1. The van der Waals surface area contributed by atoms with Gasteiger partial charge in [0.2, 0.25) is 0 Å². The van der Waals surface area contributed by atoms with E-state index >= 15 is 0 Å². The minimum atomic E-state index is -3.87. The van der Waals surface area contributed by atoms with Gasteiger partial charge in [0, 0.05) is 25.7 Å². The molecule has 0 aliphatic carbocycles. The zero-order valence-electron chi connectivity index (χ0n) is 15.8. The van der Waals surface area contributed by atoms with Crippen molar-refractivity contribution >= 4 is 21.6 Å². The van der Waals surface area contributed by atoms with Gasteiger partial charge in [0.15, 0.2) is 0 Å². The van der Waals surface area contributed by atoms with E-state index in [4.69, 9.17) is 4.74 Å². The Morgan fingerprint density at radius 1 is 1.22 bits per heavy atom. The third-order valence-corrected chi connectivity index (χ3v) is 6.70. The Balaban J connectivity index is 2.10. The first kappa shape index (κ1) is 19.2. The number of aryl methyl sites for hydroxylation is 1. The number of benzene rings is 2. The first-order chi connectivity index (χ1) is 12.9. The molecule has 2 aromatic carbocycles. The lowest BCUT2D eigenvalue weighted by Crippen LogP contribution is -2.36. The Morgan fingerprint density at radius 2 is 1.96 bits per heavy atom. The molecular formula is C20H24N2O4S. The molecule has 0 saturated heterocycles. The number of methoxy groups -OCH3 is 1. The van der Waals surface area contributed by atoms with Crippen molar-refractivity contribution in [3.8, 4) is 5.75 Å². The maximum Gasteiger partial charge on any atom is 0.268 e. The molecule has 0 bridgehead atoms. The van der Waals surface area contributed by atoms with Crippen LogP contribution in [-0.2, 0) is 16.4 Å². The summed E-state index contributed by atoms with van der Waals surface area (Å²) in [4.78, 5) is 14.1. The molecule has 6 nitrogen and oxygen atoms in total. The van der Waals surface area contributed by atoms with E-state index < -0.39 is 10.0 Å². The summed E-state index contributed by atoms with van der Waals surface area (Å²) in [5.41, 5.74) is 2.02. The lowest BCUT2D eigenvalue weighted by molar-refractivity contribution is 0.0802. The Bertz CT molecular complexity index is 956. The van der Waals surface area contributed by atoms with Crippen molar-refractivity contribution in [1.82, 2.24) is 4.90 Å². The van der Waals surface area contributed by atoms with Crippen LogP contribution in [-0.4, -0.2) is 46.5 Å². The topological polar surface area (TPSA) is 66.9 Å². The number of nitrogens with zero attached hydrogens (tertiary/aromatic N) is 2. The number of rotatable bonds is 5. The summed E-state index contributed by atoms with van der Waals surface area (Å²) in [6.07, 6.45) is 1.59. The normalized spacial score (nSPS) is 13.8. The van der Waals surface area contributed by atoms with Crippen LogP contribution in [0.3, 0.4) is 0 Å². The van der Waals surface area contributed by atoms with Crippen molar-refractivity contribution < 1.29 is 17.9 Å². The first-order valence-electron chi connectivity index (χ1n) is 8.94. The summed E-state index contributed by atoms with van der Waals surface area (Å²) in [5.74, 6) is 0.00408. The van der Waals surface area contributed by atoms with E-state index in [1.54, 1.807) is 19.2 Å². The van der Waals surface area contributed by atoms with Gasteiger partial charge >= 0.3 is 0 Å². The van der Waals surface area contributed by atoms with Crippen molar-refractivity contribution in [3.63, 3.8) is 0 Å². The number of sulfonamides is 1. The maximum atomic E-state index is 13.5. The van der Waals surface area contributed by atoms with E-state index in [2.05, 4.69) is 0 Å². The maximum absolute atomic E-state index is 13.5. The molecule has 7 heteroatoms. The fourth-order valence-corrected chi connectivity index (χ4v) is 4.97. The molecule has 0 saturated carbocycles. The lowest BCUT2D eigenvalue weighted by Gasteiger charge is -2.31. The monoisotopic (exact) mass is 388 g/mol. The number of hydrogen-bond acceptors (Lipinski definition) is 4. The van der Waals surface area contributed by atoms with Gasteiger partial charge in [0.1, 0.15) is 10.6 Å². The number of carbonyl (C=O) groups excluding carboxylic acids is 1. The van der Waals surface area contributed by atoms with Crippen molar-refractivity contribution in [2.45, 2.75) is 24.7 Å². The number of ether oxygens (including phenoxy) is 1. The summed E-state index contributed by atoms with van der Waals surface area (Å²) in [7, 11) is -0.758. The van der Waals surface area contributed by atoms with Crippen molar-refractivity contribution in [3.05, 3.63) is 53.6 Å². The number of fused-ring (bicyclic) bond motifs is 1. The van der Waals surface area contributed by atoms with Gasteiger partial charge in [0.05, 0.1) is 12.8 Å². The highest BCUT2D eigenvalue weighted by molar-refractivity contribution is 7.93. The molecule has 0 unspecified atom stereocenters. The molecule has 2 aromatic rings. The Hall–Kier alpha value is -2.54. The Kier molecular flexibility index (Phi) is 5.41. The Labute approximate surface area is 160 Å². The molecule has 0 fully saturated rings. The minimum absolute atomic E-state index is 0.0112. The number of carbonyl (C=O) groups is 1. The van der Waals surface area contributed by atoms with Crippen molar-refractivity contribution in [1.29, 1.82) is 0 Å². The fourth-order valence-electron chi connectivity index (χ4n) is 3.24. The van der Waals surface area contributed by atoms with Crippen LogP contribution < -0.4 is 9.04 Å². The second-order valence-corrected chi connectivity index (χ2v) is 8.33. The molecule has 1 amide bonds. The zero-order chi connectivity index (χ0) is 19.6. The van der Waals surface area contributed by atoms with Gasteiger partial charge in [-0.25, -0.2) is 8.42 Å². The summed E-state index contributed by atoms with van der Waals surface area (Å²) < 4.78 is 33.6. The molecule has 0 radical (unpaired) electrons. The van der Waals surface area contributed by atoms with E-state index in [-0.39, 0.29) is 16.6 Å². The lowest BCUT2D eigenvalue weighted by atomic mass is 10.0. The summed E-state index contributed by atoms with van der Waals surface area (Å²) in [6.45, 7) is 2.80. The minimum Gasteiger partial charge on any atom is -0.495 e. The first-order valence-corrected chi connectivity index (χ1v) is 10.4. The molecule has 1 aliphatic rings. The van der Waals surface area contributed by atoms with Crippen LogP contribution in [0.2, 0.25) is 0 Å². The molecule has 1 aliphatic heterocycles. The summed E-state index contributed by atoms with van der Waals surface area (Å²) >= 11 is 0. The van der Waals surface area contributed by atoms with E-state index in [0.717, 1.165) is 18.4 Å². The molecule has 0 N–H and O–H groups in total. The van der Waals surface area contributed by atoms with Crippen LogP contribution in [0, 0.1) is 0 Å². The highest BCUT2D eigenvalue weighted by Crippen LogP contribution is 2.35. The number of anilines is 1. The van der Waals surface area contributed by atoms with E-state index in [1.165, 1.54) is 22.4 Å². The smallest absolute Gasteiger partial charge is 0.268 e. The van der Waals surface area contributed by atoms with Crippen molar-refractivity contribution in [2.24, 2.45) is 0 Å². The molecule has 1 heterocycles. The SMILES string of the molecule is CCN(C)C(=O)c1ccc(OC)c(S(=O)(=O)N2CCCc3ccccc32)c1. The van der Waals surface area contributed by atoms with E-state index in [1.807, 2.05) is 31.2 Å². The third-order valence-electron chi connectivity index (χ3n) is 4.87. The van der Waals surface area contributed by atoms with Gasteiger partial charge in [-0.05, 0) is 49.6 Å². The van der Waals surface area contributed by atoms with Crippen LogP contribution in [0.4, 0.5) is 5.69 Å². The van der Waals surface area contributed by atoms with Crippen LogP contribution in [0.1, 0.15) is 29.3 Å². The standard InChI is InChI=1S/C20H24N2O4S/c1-4-21(2)20(23)16-11-12-18(26-3)19(14-16)27(24,25)22-13-7-9-15-8-5-6-10-17(15)22/h5-6,8,10-12,14H,4,7,9,13H2,1-3H3. The molecule has 0 atom stereocenters. The second kappa shape index (κ2) is 7.60. The van der Waals surface area contributed by atoms with Gasteiger partial charge in [-0.15, -0.1) is 0 Å². The molecule has 144 valence electrons. The summed E-state index contributed by atoms with van der Waals surface area (Å²) in [5, 5.41) is 0. The predicted molar refractivity (Wildman–Crippen MR) is 105 cm³/mol. The Morgan fingerprint density at radius 3 is 2.67 bits per heavy atom. The second-order valence-electron chi connectivity index (χ2n) is 6.49. The predicted octanol–water partition coefficient (Wildman–Crippen LogP) is 2.93. The quantitative estimate of drug-likeness (QED) is 0.790.